The average Bonchev–Trinajstić information content (AvgIpc) is 2.57. The van der Waals surface area contributed by atoms with E-state index in [2.05, 4.69) is 10.6 Å². The SMILES string of the molecule is COc1ccc(NC(C)=O)c(NC(=O)COc2ccc(Cl)c(Cl)c2)c1. The van der Waals surface area contributed by atoms with E-state index in [9.17, 15) is 9.59 Å². The van der Waals surface area contributed by atoms with Crippen molar-refractivity contribution in [3.8, 4) is 11.5 Å². The summed E-state index contributed by atoms with van der Waals surface area (Å²) in [5.41, 5.74) is 0.855. The quantitative estimate of drug-likeness (QED) is 0.791. The third-order valence-corrected chi connectivity index (χ3v) is 3.81. The van der Waals surface area contributed by atoms with E-state index in [-0.39, 0.29) is 12.5 Å². The summed E-state index contributed by atoms with van der Waals surface area (Å²) in [5, 5.41) is 6.04. The second-order valence-electron chi connectivity index (χ2n) is 5.01. The van der Waals surface area contributed by atoms with E-state index in [4.69, 9.17) is 32.7 Å². The third-order valence-electron chi connectivity index (χ3n) is 3.07. The summed E-state index contributed by atoms with van der Waals surface area (Å²) >= 11 is 11.7. The molecule has 0 aliphatic carbocycles. The molecule has 6 nitrogen and oxygen atoms in total. The van der Waals surface area contributed by atoms with Crippen molar-refractivity contribution in [1.82, 2.24) is 0 Å². The molecule has 0 unspecified atom stereocenters. The summed E-state index contributed by atoms with van der Waals surface area (Å²) < 4.78 is 10.5. The molecule has 0 heterocycles. The lowest BCUT2D eigenvalue weighted by atomic mass is 10.2. The molecule has 8 heteroatoms. The fourth-order valence-electron chi connectivity index (χ4n) is 1.95. The van der Waals surface area contributed by atoms with Crippen LogP contribution in [0.25, 0.3) is 0 Å². The number of ether oxygens (including phenoxy) is 2. The lowest BCUT2D eigenvalue weighted by molar-refractivity contribution is -0.118. The van der Waals surface area contributed by atoms with Crippen LogP contribution in [0.3, 0.4) is 0 Å². The van der Waals surface area contributed by atoms with Crippen LogP contribution in [-0.4, -0.2) is 25.5 Å². The second kappa shape index (κ2) is 8.60. The average molecular weight is 383 g/mol. The standard InChI is InChI=1S/C17H16Cl2N2O4/c1-10(22)20-15-6-4-11(24-2)8-16(15)21-17(23)9-25-12-3-5-13(18)14(19)7-12/h3-8H,9H2,1-2H3,(H,20,22)(H,21,23). The van der Waals surface area contributed by atoms with Crippen molar-refractivity contribution in [3.05, 3.63) is 46.4 Å². The van der Waals surface area contributed by atoms with Crippen molar-refractivity contribution in [3.63, 3.8) is 0 Å². The Kier molecular flexibility index (Phi) is 6.50. The maximum atomic E-state index is 12.1. The highest BCUT2D eigenvalue weighted by molar-refractivity contribution is 6.42. The predicted octanol–water partition coefficient (Wildman–Crippen LogP) is 3.98. The van der Waals surface area contributed by atoms with E-state index < -0.39 is 5.91 Å². The smallest absolute Gasteiger partial charge is 0.262 e. The van der Waals surface area contributed by atoms with E-state index in [0.29, 0.717) is 32.9 Å². The molecule has 0 saturated carbocycles. The van der Waals surface area contributed by atoms with Crippen LogP contribution < -0.4 is 20.1 Å². The molecule has 2 N–H and O–H groups in total. The molecule has 0 saturated heterocycles. The summed E-state index contributed by atoms with van der Waals surface area (Å²) in [6, 6.07) is 9.61. The molecule has 0 radical (unpaired) electrons. The van der Waals surface area contributed by atoms with Crippen molar-refractivity contribution < 1.29 is 19.1 Å². The number of hydrogen-bond donors (Lipinski definition) is 2. The first kappa shape index (κ1) is 18.9. The normalized spacial score (nSPS) is 10.1. The van der Waals surface area contributed by atoms with Gasteiger partial charge in [0.2, 0.25) is 5.91 Å². The summed E-state index contributed by atoms with van der Waals surface area (Å²) in [4.78, 5) is 23.4. The first-order chi connectivity index (χ1) is 11.9. The van der Waals surface area contributed by atoms with Crippen LogP contribution in [0.5, 0.6) is 11.5 Å². The van der Waals surface area contributed by atoms with Gasteiger partial charge >= 0.3 is 0 Å². The Morgan fingerprint density at radius 2 is 1.68 bits per heavy atom. The fraction of sp³-hybridized carbons (Fsp3) is 0.176. The molecule has 0 bridgehead atoms. The van der Waals surface area contributed by atoms with Crippen LogP contribution in [0.4, 0.5) is 11.4 Å². The van der Waals surface area contributed by atoms with Crippen LogP contribution in [0.1, 0.15) is 6.92 Å². The molecule has 0 aliphatic rings. The van der Waals surface area contributed by atoms with E-state index in [0.717, 1.165) is 0 Å². The predicted molar refractivity (Wildman–Crippen MR) is 97.9 cm³/mol. The lowest BCUT2D eigenvalue weighted by Crippen LogP contribution is -2.21. The van der Waals surface area contributed by atoms with Crippen LogP contribution in [-0.2, 0) is 9.59 Å². The largest absolute Gasteiger partial charge is 0.497 e. The highest BCUT2D eigenvalue weighted by atomic mass is 35.5. The molecular formula is C17H16Cl2N2O4. The van der Waals surface area contributed by atoms with Crippen LogP contribution in [0.15, 0.2) is 36.4 Å². The minimum atomic E-state index is -0.411. The lowest BCUT2D eigenvalue weighted by Gasteiger charge is -2.13. The van der Waals surface area contributed by atoms with E-state index in [1.165, 1.54) is 20.1 Å². The van der Waals surface area contributed by atoms with E-state index in [1.54, 1.807) is 30.3 Å². The Labute approximate surface area is 155 Å². The highest BCUT2D eigenvalue weighted by Crippen LogP contribution is 2.28. The molecule has 2 aromatic rings. The minimum absolute atomic E-state index is 0.241. The van der Waals surface area contributed by atoms with Crippen LogP contribution in [0, 0.1) is 0 Å². The fourth-order valence-corrected chi connectivity index (χ4v) is 2.24. The topological polar surface area (TPSA) is 76.7 Å². The number of nitrogens with one attached hydrogen (secondary N) is 2. The molecular weight excluding hydrogens is 367 g/mol. The summed E-state index contributed by atoms with van der Waals surface area (Å²) in [7, 11) is 1.51. The highest BCUT2D eigenvalue weighted by Gasteiger charge is 2.11. The Balaban J connectivity index is 2.05. The number of halogens is 2. The van der Waals surface area contributed by atoms with Crippen molar-refractivity contribution in [1.29, 1.82) is 0 Å². The maximum absolute atomic E-state index is 12.1. The van der Waals surface area contributed by atoms with Gasteiger partial charge in [0.25, 0.3) is 5.91 Å². The van der Waals surface area contributed by atoms with Crippen LogP contribution in [0.2, 0.25) is 10.0 Å². The number of amides is 2. The Morgan fingerprint density at radius 1 is 0.960 bits per heavy atom. The first-order valence-electron chi connectivity index (χ1n) is 7.22. The van der Waals surface area contributed by atoms with E-state index >= 15 is 0 Å². The van der Waals surface area contributed by atoms with E-state index in [1.807, 2.05) is 0 Å². The Morgan fingerprint density at radius 3 is 2.32 bits per heavy atom. The third kappa shape index (κ3) is 5.55. The summed E-state index contributed by atoms with van der Waals surface area (Å²) in [6.45, 7) is 1.14. The second-order valence-corrected chi connectivity index (χ2v) is 5.82. The zero-order valence-electron chi connectivity index (χ0n) is 13.6. The zero-order valence-corrected chi connectivity index (χ0v) is 15.1. The molecule has 0 aliphatic heterocycles. The van der Waals surface area contributed by atoms with Gasteiger partial charge in [0, 0.05) is 19.1 Å². The number of anilines is 2. The maximum Gasteiger partial charge on any atom is 0.262 e. The van der Waals surface area contributed by atoms with Crippen LogP contribution >= 0.6 is 23.2 Å². The number of benzene rings is 2. The van der Waals surface area contributed by atoms with Crippen molar-refractivity contribution >= 4 is 46.4 Å². The van der Waals surface area contributed by atoms with Crippen molar-refractivity contribution in [2.45, 2.75) is 6.92 Å². The van der Waals surface area contributed by atoms with Gasteiger partial charge in [0.05, 0.1) is 28.5 Å². The molecule has 0 atom stereocenters. The molecule has 25 heavy (non-hydrogen) atoms. The van der Waals surface area contributed by atoms with Crippen molar-refractivity contribution in [2.75, 3.05) is 24.4 Å². The number of rotatable bonds is 6. The minimum Gasteiger partial charge on any atom is -0.497 e. The Bertz CT molecular complexity index is 796. The molecule has 2 aromatic carbocycles. The molecule has 0 spiro atoms. The molecule has 132 valence electrons. The monoisotopic (exact) mass is 382 g/mol. The number of carbonyl (C=O) groups is 2. The van der Waals surface area contributed by atoms with Gasteiger partial charge in [-0.25, -0.2) is 0 Å². The van der Waals surface area contributed by atoms with Gasteiger partial charge in [-0.15, -0.1) is 0 Å². The number of carbonyl (C=O) groups excluding carboxylic acids is 2. The molecule has 0 fully saturated rings. The van der Waals surface area contributed by atoms with Gasteiger partial charge < -0.3 is 20.1 Å². The van der Waals surface area contributed by atoms with Gasteiger partial charge in [-0.05, 0) is 24.3 Å². The van der Waals surface area contributed by atoms with Gasteiger partial charge in [-0.1, -0.05) is 23.2 Å². The number of methoxy groups -OCH3 is 1. The number of hydrogen-bond acceptors (Lipinski definition) is 4. The molecule has 2 amide bonds. The van der Waals surface area contributed by atoms with Crippen molar-refractivity contribution in [2.24, 2.45) is 0 Å². The first-order valence-corrected chi connectivity index (χ1v) is 7.98. The summed E-state index contributed by atoms with van der Waals surface area (Å²) in [6.07, 6.45) is 0. The molecule has 2 rings (SSSR count). The Hall–Kier alpha value is -2.44. The van der Waals surface area contributed by atoms with Gasteiger partial charge in [0.1, 0.15) is 11.5 Å². The van der Waals surface area contributed by atoms with Gasteiger partial charge in [-0.2, -0.15) is 0 Å². The van der Waals surface area contributed by atoms with Gasteiger partial charge in [-0.3, -0.25) is 9.59 Å². The zero-order chi connectivity index (χ0) is 18.4. The molecule has 0 aromatic heterocycles. The van der Waals surface area contributed by atoms with Gasteiger partial charge in [0.15, 0.2) is 6.61 Å². The summed E-state index contributed by atoms with van der Waals surface area (Å²) in [5.74, 6) is 0.283.